The number of hydrogen-bond acceptors (Lipinski definition) is 2. The van der Waals surface area contributed by atoms with Crippen LogP contribution >= 0.6 is 9.03 Å². The van der Waals surface area contributed by atoms with Crippen molar-refractivity contribution >= 4 is 9.03 Å². The molecule has 0 aromatic carbocycles. The van der Waals surface area contributed by atoms with Crippen LogP contribution in [0.1, 0.15) is 13.8 Å². The SMILES string of the molecule is CCOPOCC.[Cu+]. The predicted molar refractivity (Wildman–Crippen MR) is 31.6 cm³/mol. The van der Waals surface area contributed by atoms with Crippen molar-refractivity contribution in [2.45, 2.75) is 13.8 Å². The summed E-state index contributed by atoms with van der Waals surface area (Å²) in [6.07, 6.45) is 0. The first kappa shape index (κ1) is 11.6. The Bertz CT molecular complexity index is 33.2. The van der Waals surface area contributed by atoms with Crippen LogP contribution in [0.4, 0.5) is 0 Å². The smallest absolute Gasteiger partial charge is 0.337 e. The van der Waals surface area contributed by atoms with Gasteiger partial charge >= 0.3 is 17.1 Å². The molecule has 0 heterocycles. The van der Waals surface area contributed by atoms with Crippen LogP contribution in [0.5, 0.6) is 0 Å². The molecule has 0 saturated carbocycles. The predicted octanol–water partition coefficient (Wildman–Crippen LogP) is 1.57. The Kier molecular flexibility index (Phi) is 15.7. The van der Waals surface area contributed by atoms with Crippen molar-refractivity contribution in [1.82, 2.24) is 0 Å². The van der Waals surface area contributed by atoms with Gasteiger partial charge in [0.1, 0.15) is 0 Å². The second kappa shape index (κ2) is 10.8. The van der Waals surface area contributed by atoms with E-state index in [0.717, 1.165) is 13.2 Å². The second-order valence-electron chi connectivity index (χ2n) is 0.949. The molecule has 0 aliphatic rings. The van der Waals surface area contributed by atoms with Gasteiger partial charge in [-0.2, -0.15) is 0 Å². The Balaban J connectivity index is 0. The summed E-state index contributed by atoms with van der Waals surface area (Å²) in [4.78, 5) is 0. The zero-order valence-corrected chi connectivity index (χ0v) is 6.97. The fraction of sp³-hybridized carbons (Fsp3) is 1.00. The minimum absolute atomic E-state index is 0. The van der Waals surface area contributed by atoms with Gasteiger partial charge in [-0.3, -0.25) is 0 Å². The van der Waals surface area contributed by atoms with Gasteiger partial charge < -0.3 is 9.05 Å². The average Bonchev–Trinajstić information content (AvgIpc) is 1.69. The second-order valence-corrected chi connectivity index (χ2v) is 1.69. The zero-order chi connectivity index (χ0) is 5.54. The minimum atomic E-state index is 0. The molecule has 0 bridgehead atoms. The molecule has 54 valence electrons. The summed E-state index contributed by atoms with van der Waals surface area (Å²) < 4.78 is 9.76. The van der Waals surface area contributed by atoms with E-state index in [0.29, 0.717) is 0 Å². The van der Waals surface area contributed by atoms with Crippen molar-refractivity contribution in [3.05, 3.63) is 0 Å². The molecule has 0 aromatic rings. The maximum absolute atomic E-state index is 4.88. The third-order valence-electron chi connectivity index (χ3n) is 0.407. The van der Waals surface area contributed by atoms with Crippen LogP contribution in [0, 0.1) is 0 Å². The van der Waals surface area contributed by atoms with Gasteiger partial charge in [-0.15, -0.1) is 0 Å². The van der Waals surface area contributed by atoms with Crippen LogP contribution in [0.25, 0.3) is 0 Å². The van der Waals surface area contributed by atoms with E-state index in [4.69, 9.17) is 9.05 Å². The Hall–Kier alpha value is 0.869. The van der Waals surface area contributed by atoms with E-state index in [1.165, 1.54) is 0 Å². The molecule has 0 radical (unpaired) electrons. The van der Waals surface area contributed by atoms with Gasteiger partial charge in [0.25, 0.3) is 0 Å². The maximum atomic E-state index is 4.88. The van der Waals surface area contributed by atoms with Crippen LogP contribution in [-0.2, 0) is 26.1 Å². The van der Waals surface area contributed by atoms with Gasteiger partial charge in [-0.1, -0.05) is 0 Å². The van der Waals surface area contributed by atoms with E-state index in [9.17, 15) is 0 Å². The third-order valence-corrected chi connectivity index (χ3v) is 1.22. The number of hydrogen-bond donors (Lipinski definition) is 0. The molecule has 2 nitrogen and oxygen atoms in total. The molecule has 0 fully saturated rings. The zero-order valence-electron chi connectivity index (χ0n) is 5.03. The molecule has 8 heavy (non-hydrogen) atoms. The molecule has 4 heteroatoms. The van der Waals surface area contributed by atoms with Gasteiger partial charge in [0.15, 0.2) is 9.03 Å². The summed E-state index contributed by atoms with van der Waals surface area (Å²) in [5.74, 6) is 0. The van der Waals surface area contributed by atoms with Crippen molar-refractivity contribution in [3.63, 3.8) is 0 Å². The van der Waals surface area contributed by atoms with Gasteiger partial charge in [-0.25, -0.2) is 0 Å². The summed E-state index contributed by atoms with van der Waals surface area (Å²) in [6.45, 7) is 5.40. The molecule has 0 atom stereocenters. The molecule has 0 aromatic heterocycles. The van der Waals surface area contributed by atoms with Crippen molar-refractivity contribution in [2.75, 3.05) is 13.2 Å². The topological polar surface area (TPSA) is 18.5 Å². The van der Waals surface area contributed by atoms with Crippen LogP contribution in [0.3, 0.4) is 0 Å². The fourth-order valence-electron chi connectivity index (χ4n) is 0.160. The first-order valence-corrected chi connectivity index (χ1v) is 3.22. The van der Waals surface area contributed by atoms with E-state index >= 15 is 0 Å². The normalized spacial score (nSPS) is 8.25. The van der Waals surface area contributed by atoms with Gasteiger partial charge in [0, 0.05) is 0 Å². The van der Waals surface area contributed by atoms with Crippen molar-refractivity contribution in [2.24, 2.45) is 0 Å². The fourth-order valence-corrected chi connectivity index (χ4v) is 0.479. The Labute approximate surface area is 62.7 Å². The van der Waals surface area contributed by atoms with Crippen LogP contribution in [0.2, 0.25) is 0 Å². The van der Waals surface area contributed by atoms with E-state index in [1.54, 1.807) is 0 Å². The molecule has 0 amide bonds. The first-order chi connectivity index (χ1) is 3.41. The maximum Gasteiger partial charge on any atom is 1.00 e. The van der Waals surface area contributed by atoms with Crippen LogP contribution in [0.15, 0.2) is 0 Å². The van der Waals surface area contributed by atoms with Crippen molar-refractivity contribution in [3.8, 4) is 0 Å². The molecule has 0 rings (SSSR count). The van der Waals surface area contributed by atoms with Gasteiger partial charge in [0.2, 0.25) is 0 Å². The molecule has 0 saturated heterocycles. The quantitative estimate of drug-likeness (QED) is 0.376. The van der Waals surface area contributed by atoms with Gasteiger partial charge in [-0.05, 0) is 13.8 Å². The van der Waals surface area contributed by atoms with E-state index < -0.39 is 0 Å². The third kappa shape index (κ3) is 9.98. The Morgan fingerprint density at radius 3 is 1.75 bits per heavy atom. The molecule has 0 N–H and O–H groups in total. The minimum Gasteiger partial charge on any atom is -0.337 e. The Morgan fingerprint density at radius 2 is 1.50 bits per heavy atom. The van der Waals surface area contributed by atoms with Crippen molar-refractivity contribution < 1.29 is 26.1 Å². The largest absolute Gasteiger partial charge is 1.00 e. The molecule has 0 unspecified atom stereocenters. The standard InChI is InChI=1S/C4H11O2P.Cu/c1-3-5-7-6-4-2;/h7H,3-4H2,1-2H3;/q;+1. The monoisotopic (exact) mass is 185 g/mol. The molecule has 0 aliphatic carbocycles. The molecular formula is C4H11CuO2P+. The summed E-state index contributed by atoms with van der Waals surface area (Å²) in [5.41, 5.74) is 0. The van der Waals surface area contributed by atoms with Crippen LogP contribution in [-0.4, -0.2) is 13.2 Å². The summed E-state index contributed by atoms with van der Waals surface area (Å²) in [5, 5.41) is 0. The summed E-state index contributed by atoms with van der Waals surface area (Å²) in [6, 6.07) is 0. The number of rotatable bonds is 4. The summed E-state index contributed by atoms with van der Waals surface area (Å²) in [7, 11) is 0.232. The first-order valence-electron chi connectivity index (χ1n) is 2.40. The molecule has 0 spiro atoms. The molecular weight excluding hydrogens is 175 g/mol. The average molecular weight is 186 g/mol. The van der Waals surface area contributed by atoms with Crippen LogP contribution < -0.4 is 0 Å². The van der Waals surface area contributed by atoms with E-state index in [-0.39, 0.29) is 26.1 Å². The van der Waals surface area contributed by atoms with Gasteiger partial charge in [0.05, 0.1) is 13.2 Å². The van der Waals surface area contributed by atoms with E-state index in [1.807, 2.05) is 13.8 Å². The van der Waals surface area contributed by atoms with Crippen molar-refractivity contribution in [1.29, 1.82) is 0 Å². The molecule has 0 aliphatic heterocycles. The van der Waals surface area contributed by atoms with E-state index in [2.05, 4.69) is 0 Å². The summed E-state index contributed by atoms with van der Waals surface area (Å²) >= 11 is 0. The Morgan fingerprint density at radius 1 is 1.12 bits per heavy atom.